The lowest BCUT2D eigenvalue weighted by Crippen LogP contribution is -2.23. The minimum absolute atomic E-state index is 0.0468. The van der Waals surface area contributed by atoms with Crippen LogP contribution in [-0.2, 0) is 9.59 Å². The number of fused-ring (bicyclic) bond motifs is 2. The van der Waals surface area contributed by atoms with Crippen LogP contribution in [0.25, 0.3) is 21.8 Å². The van der Waals surface area contributed by atoms with E-state index in [0.29, 0.717) is 56.4 Å². The number of hydrogen-bond acceptors (Lipinski definition) is 13. The molecule has 2 aliphatic carbocycles. The molecule has 3 N–H and O–H groups in total. The van der Waals surface area contributed by atoms with E-state index in [1.54, 1.807) is 66.7 Å². The summed E-state index contributed by atoms with van der Waals surface area (Å²) < 4.78 is 52.2. The van der Waals surface area contributed by atoms with Crippen molar-refractivity contribution >= 4 is 80.8 Å². The molecule has 6 aromatic rings. The molecule has 15 nitrogen and oxygen atoms in total. The summed E-state index contributed by atoms with van der Waals surface area (Å²) in [5, 5.41) is 10.8. The predicted octanol–water partition coefficient (Wildman–Crippen LogP) is 14.4. The molecule has 2 aromatic heterocycles. The number of carbonyl (C=O) groups is 2. The van der Waals surface area contributed by atoms with E-state index in [0.717, 1.165) is 57.3 Å². The van der Waals surface area contributed by atoms with E-state index in [9.17, 15) is 18.4 Å². The predicted molar refractivity (Wildman–Crippen MR) is 313 cm³/mol. The zero-order valence-electron chi connectivity index (χ0n) is 47.0. The number of rotatable bonds is 15. The Bertz CT molecular complexity index is 2700. The van der Waals surface area contributed by atoms with Crippen LogP contribution in [-0.4, -0.2) is 110 Å². The molecule has 0 spiro atoms. The number of hydrogen-bond donors (Lipinski definition) is 3. The molecular weight excluding hydrogens is 1040 g/mol. The van der Waals surface area contributed by atoms with Gasteiger partial charge in [0.25, 0.3) is 0 Å². The van der Waals surface area contributed by atoms with Gasteiger partial charge in [-0.25, -0.2) is 28.7 Å². The van der Waals surface area contributed by atoms with Crippen LogP contribution >= 0.6 is 23.2 Å². The number of methoxy groups -OCH3 is 2. The highest BCUT2D eigenvalue weighted by atomic mass is 35.5. The molecule has 0 radical (unpaired) electrons. The van der Waals surface area contributed by atoms with Gasteiger partial charge in [-0.15, -0.1) is 0 Å². The lowest BCUT2D eigenvalue weighted by atomic mass is 9.89. The Morgan fingerprint density at radius 3 is 1.37 bits per heavy atom. The summed E-state index contributed by atoms with van der Waals surface area (Å²) in [6.07, 6.45) is 23.0. The third-order valence-electron chi connectivity index (χ3n) is 12.7. The van der Waals surface area contributed by atoms with E-state index in [4.69, 9.17) is 42.1 Å². The molecule has 0 bridgehead atoms. The van der Waals surface area contributed by atoms with Gasteiger partial charge in [0.1, 0.15) is 24.3 Å². The zero-order valence-corrected chi connectivity index (χ0v) is 48.5. The summed E-state index contributed by atoms with van der Waals surface area (Å²) in [6, 6.07) is 16.9. The first-order chi connectivity index (χ1) is 37.7. The van der Waals surface area contributed by atoms with Crippen molar-refractivity contribution < 1.29 is 37.3 Å². The number of halogens is 4. The number of anilines is 4. The molecule has 3 fully saturated rings. The molecule has 9 rings (SSSR count). The lowest BCUT2D eigenvalue weighted by molar-refractivity contribution is -0.116. The van der Waals surface area contributed by atoms with Gasteiger partial charge in [-0.1, -0.05) is 88.2 Å². The van der Waals surface area contributed by atoms with E-state index >= 15 is 0 Å². The van der Waals surface area contributed by atoms with Crippen LogP contribution in [0.3, 0.4) is 0 Å². The number of aromatic nitrogens is 4. The van der Waals surface area contributed by atoms with Crippen molar-refractivity contribution in [2.24, 2.45) is 5.92 Å². The maximum atomic E-state index is 14.3. The van der Waals surface area contributed by atoms with Crippen molar-refractivity contribution in [1.82, 2.24) is 35.1 Å². The summed E-state index contributed by atoms with van der Waals surface area (Å²) in [4.78, 5) is 39.0. The summed E-state index contributed by atoms with van der Waals surface area (Å²) in [5.41, 5.74) is 1.84. The molecule has 426 valence electrons. The van der Waals surface area contributed by atoms with Crippen molar-refractivity contribution in [3.63, 3.8) is 0 Å². The minimum atomic E-state index is -0.526. The van der Waals surface area contributed by atoms with Gasteiger partial charge in [-0.3, -0.25) is 9.59 Å². The van der Waals surface area contributed by atoms with Crippen molar-refractivity contribution in [1.29, 1.82) is 0 Å². The molecule has 2 saturated carbocycles. The first kappa shape index (κ1) is 64.2. The lowest BCUT2D eigenvalue weighted by Gasteiger charge is -2.27. The second-order valence-electron chi connectivity index (χ2n) is 19.6. The molecular formula is C59H81Cl2F2N9O6. The van der Waals surface area contributed by atoms with E-state index < -0.39 is 11.6 Å². The van der Waals surface area contributed by atoms with Gasteiger partial charge in [-0.05, 0) is 120 Å². The number of unbranched alkanes of at least 4 members (excludes halogenated alkanes) is 3. The molecule has 0 atom stereocenters. The van der Waals surface area contributed by atoms with Gasteiger partial charge in [0.05, 0.1) is 58.9 Å². The number of amides is 2. The van der Waals surface area contributed by atoms with Gasteiger partial charge >= 0.3 is 0 Å². The molecule has 2 amide bonds. The summed E-state index contributed by atoms with van der Waals surface area (Å²) in [6.45, 7) is 9.24. The normalized spacial score (nSPS) is 15.6. The number of benzene rings is 4. The summed E-state index contributed by atoms with van der Waals surface area (Å²) in [7, 11) is 9.97. The van der Waals surface area contributed by atoms with Crippen LogP contribution < -0.4 is 34.9 Å². The standard InChI is InChI=1S/C22H23ClFN3O2.C21H21ClFN3O2.C6H14.C4H9N.2C3H7NO/c1-13-6-8-14(9-7-13)29-20-10-15-18(11-19(20)28-2)25-12-26-22(15)27-17-5-3-4-16(23)21(17)24;1-27-18-11-17-14(10-19(18)28-13-6-3-2-4-7-13)21(25-12-24-17)26-16-9-5-8-15(22)20(16)23;1-3-5-6-4-2;1-2-4-5-3-1;2*1-4(2)3-5/h3-5,10-14H,6-9H2,1-2H3,(H,25,26,27);5,8-13H,2-4,6-7H2,1H3,(H,24,25,26);3-6H2,1-2H3;5H,1-4H2;2*3H,1-2H3. The number of ether oxygens (including phenoxy) is 4. The zero-order chi connectivity index (χ0) is 56.8. The van der Waals surface area contributed by atoms with Crippen LogP contribution in [0, 0.1) is 17.6 Å². The Labute approximate surface area is 470 Å². The maximum Gasteiger partial charge on any atom is 0.209 e. The fraction of sp³-hybridized carbons (Fsp3) is 0.492. The quantitative estimate of drug-likeness (QED) is 0.0658. The highest BCUT2D eigenvalue weighted by Crippen LogP contribution is 2.39. The Hall–Kier alpha value is -6.30. The average Bonchev–Trinajstić information content (AvgIpc) is 4.09. The summed E-state index contributed by atoms with van der Waals surface area (Å²) >= 11 is 11.8. The highest BCUT2D eigenvalue weighted by molar-refractivity contribution is 6.31. The smallest absolute Gasteiger partial charge is 0.209 e. The van der Waals surface area contributed by atoms with Gasteiger partial charge in [0.2, 0.25) is 12.8 Å². The van der Waals surface area contributed by atoms with Crippen molar-refractivity contribution in [2.75, 3.05) is 66.1 Å². The Balaban J connectivity index is 0.000000246. The third kappa shape index (κ3) is 21.5. The third-order valence-corrected chi connectivity index (χ3v) is 13.3. The monoisotopic (exact) mass is 1120 g/mol. The highest BCUT2D eigenvalue weighted by Gasteiger charge is 2.23. The van der Waals surface area contributed by atoms with Crippen molar-refractivity contribution in [3.8, 4) is 23.0 Å². The van der Waals surface area contributed by atoms with E-state index in [2.05, 4.69) is 56.7 Å². The number of nitrogens with zero attached hydrogens (tertiary/aromatic N) is 6. The number of carbonyl (C=O) groups excluding carboxylic acids is 2. The maximum absolute atomic E-state index is 14.3. The molecule has 3 heterocycles. The van der Waals surface area contributed by atoms with Gasteiger partial charge < -0.3 is 44.7 Å². The molecule has 4 aromatic carbocycles. The topological polar surface area (TPSA) is 165 Å². The fourth-order valence-corrected chi connectivity index (χ4v) is 8.65. The molecule has 3 aliphatic rings. The Kier molecular flexibility index (Phi) is 29.0. The SMILES string of the molecule is C1CCNC1.CCCCCC.CN(C)C=O.CN(C)C=O.COc1cc2ncnc(Nc3cccc(Cl)c3F)c2cc1OC1CCC(C)CC1.COc1cc2ncnc(Nc3cccc(Cl)c3F)c2cc1OC1CCCCC1. The second kappa shape index (κ2) is 35.3. The van der Waals surface area contributed by atoms with Gasteiger partial charge in [0.15, 0.2) is 34.6 Å². The molecule has 1 saturated heterocycles. The molecule has 1 aliphatic heterocycles. The fourth-order valence-electron chi connectivity index (χ4n) is 8.30. The first-order valence-electron chi connectivity index (χ1n) is 27.0. The van der Waals surface area contributed by atoms with Crippen LogP contribution in [0.5, 0.6) is 23.0 Å². The Morgan fingerprint density at radius 1 is 0.603 bits per heavy atom. The van der Waals surface area contributed by atoms with Crippen LogP contribution in [0.15, 0.2) is 73.3 Å². The van der Waals surface area contributed by atoms with Crippen LogP contribution in [0.2, 0.25) is 10.0 Å². The van der Waals surface area contributed by atoms with Gasteiger partial charge in [0, 0.05) is 51.1 Å². The van der Waals surface area contributed by atoms with Crippen molar-refractivity contribution in [2.45, 2.75) is 129 Å². The molecule has 19 heteroatoms. The minimum Gasteiger partial charge on any atom is -0.493 e. The summed E-state index contributed by atoms with van der Waals surface area (Å²) in [5.74, 6) is 3.17. The van der Waals surface area contributed by atoms with E-state index in [1.165, 1.54) is 105 Å². The Morgan fingerprint density at radius 2 is 1.01 bits per heavy atom. The van der Waals surface area contributed by atoms with Crippen LogP contribution in [0.1, 0.15) is 117 Å². The number of nitrogens with one attached hydrogen (secondary N) is 3. The van der Waals surface area contributed by atoms with E-state index in [-0.39, 0.29) is 33.6 Å². The largest absolute Gasteiger partial charge is 0.493 e. The first-order valence-corrected chi connectivity index (χ1v) is 27.8. The molecule has 78 heavy (non-hydrogen) atoms. The second-order valence-corrected chi connectivity index (χ2v) is 20.4. The van der Waals surface area contributed by atoms with Crippen molar-refractivity contribution in [3.05, 3.63) is 95.0 Å². The van der Waals surface area contributed by atoms with E-state index in [1.807, 2.05) is 24.3 Å². The van der Waals surface area contributed by atoms with Crippen LogP contribution in [0.4, 0.5) is 31.8 Å². The van der Waals surface area contributed by atoms with Gasteiger partial charge in [-0.2, -0.15) is 0 Å². The average molecular weight is 1120 g/mol. The molecule has 0 unspecified atom stereocenters.